The normalized spacial score (nSPS) is 23.2. The first-order chi connectivity index (χ1) is 19.9. The van der Waals surface area contributed by atoms with Gasteiger partial charge in [-0.3, -0.25) is 29.0 Å². The van der Waals surface area contributed by atoms with Gasteiger partial charge in [0.25, 0.3) is 11.6 Å². The van der Waals surface area contributed by atoms with Crippen LogP contribution in [0.4, 0.5) is 4.79 Å². The number of aryl methyl sites for hydroxylation is 1. The van der Waals surface area contributed by atoms with E-state index in [0.717, 1.165) is 23.8 Å². The molecule has 0 saturated carbocycles. The minimum absolute atomic E-state index is 0. The summed E-state index contributed by atoms with van der Waals surface area (Å²) in [7, 11) is 2.78. The molecular formula is C22H30N9NaO9S2. The van der Waals surface area contributed by atoms with Crippen molar-refractivity contribution in [3.63, 3.8) is 0 Å². The summed E-state index contributed by atoms with van der Waals surface area (Å²) in [5.74, 6) is -4.87. The summed E-state index contributed by atoms with van der Waals surface area (Å²) in [6, 6.07) is -2.74. The maximum atomic E-state index is 13.4. The number of carboxylic acids is 1. The third kappa shape index (κ3) is 6.40. The number of carbonyl (C=O) groups is 6. The van der Waals surface area contributed by atoms with E-state index in [1.54, 1.807) is 14.0 Å². The number of ether oxygens (including phenoxy) is 1. The predicted octanol–water partition coefficient (Wildman–Crippen LogP) is -3.48. The van der Waals surface area contributed by atoms with Crippen molar-refractivity contribution >= 4 is 88.7 Å². The Kier molecular flexibility index (Phi) is 11.2. The fourth-order valence-corrected chi connectivity index (χ4v) is 7.02. The molecule has 6 amide bonds. The first kappa shape index (κ1) is 34.7. The third-order valence-corrected chi connectivity index (χ3v) is 9.35. The third-order valence-electron chi connectivity index (χ3n) is 6.88. The van der Waals surface area contributed by atoms with Crippen LogP contribution in [0, 0.1) is 0 Å². The minimum atomic E-state index is -2.01. The van der Waals surface area contributed by atoms with Gasteiger partial charge in [-0.2, -0.15) is 0 Å². The van der Waals surface area contributed by atoms with Crippen LogP contribution in [0.3, 0.4) is 0 Å². The zero-order valence-corrected chi connectivity index (χ0v) is 24.6. The van der Waals surface area contributed by atoms with Crippen molar-refractivity contribution in [1.29, 1.82) is 0 Å². The Bertz CT molecular complexity index is 1360. The van der Waals surface area contributed by atoms with Crippen LogP contribution in [-0.2, 0) is 35.8 Å². The van der Waals surface area contributed by atoms with E-state index < -0.39 is 58.9 Å². The Hall–Kier alpha value is -2.75. The maximum absolute atomic E-state index is 13.4. The number of aliphatic hydroxyl groups is 1. The number of hydrogen-bond acceptors (Lipinski definition) is 13. The first-order valence-electron chi connectivity index (χ1n) is 12.6. The zero-order valence-electron chi connectivity index (χ0n) is 23.0. The van der Waals surface area contributed by atoms with Crippen molar-refractivity contribution in [2.75, 3.05) is 38.2 Å². The second-order valence-electron chi connectivity index (χ2n) is 9.41. The summed E-state index contributed by atoms with van der Waals surface area (Å²) < 4.78 is 6.84. The Morgan fingerprint density at radius 2 is 1.93 bits per heavy atom. The van der Waals surface area contributed by atoms with E-state index in [1.165, 1.54) is 28.3 Å². The fourth-order valence-electron chi connectivity index (χ4n) is 4.60. The summed E-state index contributed by atoms with van der Waals surface area (Å²) in [5.41, 5.74) is -1.84. The average molecular weight is 652 g/mol. The topological polar surface area (TPSA) is 229 Å². The molecule has 0 radical (unpaired) electrons. The second kappa shape index (κ2) is 13.9. The van der Waals surface area contributed by atoms with E-state index in [2.05, 4.69) is 26.2 Å². The van der Waals surface area contributed by atoms with Crippen molar-refractivity contribution in [1.82, 2.24) is 45.5 Å². The van der Waals surface area contributed by atoms with E-state index in [1.807, 2.05) is 0 Å². The van der Waals surface area contributed by atoms with E-state index in [9.17, 15) is 39.0 Å². The number of aliphatic hydroxyl groups excluding tert-OH is 1. The van der Waals surface area contributed by atoms with Gasteiger partial charge in [0.15, 0.2) is 0 Å². The van der Waals surface area contributed by atoms with Gasteiger partial charge in [0, 0.05) is 45.3 Å². The monoisotopic (exact) mass is 651 g/mol. The number of tetrazole rings is 1. The predicted molar refractivity (Wildman–Crippen MR) is 150 cm³/mol. The van der Waals surface area contributed by atoms with Crippen molar-refractivity contribution in [3.05, 3.63) is 11.3 Å². The number of piperazine rings is 1. The standard InChI is InChI=1S/C22H29N9O9S2.Na.H/c1-5-29-6-7-30(16(35)15(29)34)20(39)23-12(10(2)32)14(33)24-22(40-4)18(38)31-13(17(36)37)11(8-41-19(22)31)9-42-21-25-26-27-28(21)3;;/h10,12,19,32H,5-9H2,1-4H3,(H,23,39)(H,24,33)(H,36,37);;/t10?,12?,19-,22+;;/m1../s1. The Labute approximate surface area is 275 Å². The molecule has 0 aromatic carbocycles. The molecule has 4 N–H and O–H groups in total. The van der Waals surface area contributed by atoms with Crippen LogP contribution in [0.1, 0.15) is 13.8 Å². The molecule has 43 heavy (non-hydrogen) atoms. The molecule has 3 aliphatic rings. The summed E-state index contributed by atoms with van der Waals surface area (Å²) in [5, 5.41) is 35.5. The molecule has 2 saturated heterocycles. The number of nitrogens with zero attached hydrogens (tertiary/aromatic N) is 7. The molecule has 230 valence electrons. The number of rotatable bonds is 10. The quantitative estimate of drug-likeness (QED) is 0.0633. The van der Waals surface area contributed by atoms with E-state index in [-0.39, 0.29) is 66.4 Å². The molecule has 1 aromatic heterocycles. The molecular weight excluding hydrogens is 621 g/mol. The number of likely N-dealkylation sites (N-methyl/N-ethyl adjacent to an activating group) is 1. The van der Waals surface area contributed by atoms with Crippen LogP contribution in [0.5, 0.6) is 0 Å². The molecule has 4 heterocycles. The number of aromatic nitrogens is 4. The molecule has 0 spiro atoms. The summed E-state index contributed by atoms with van der Waals surface area (Å²) in [4.78, 5) is 79.3. The number of hydrogen-bond donors (Lipinski definition) is 4. The number of β-lactam (4-membered cyclic amide) rings is 1. The molecule has 4 rings (SSSR count). The van der Waals surface area contributed by atoms with E-state index in [0.29, 0.717) is 15.6 Å². The van der Waals surface area contributed by atoms with Gasteiger partial charge in [0.2, 0.25) is 11.1 Å². The van der Waals surface area contributed by atoms with Crippen LogP contribution < -0.4 is 10.6 Å². The fraction of sp³-hybridized carbons (Fsp3) is 0.591. The van der Waals surface area contributed by atoms with Gasteiger partial charge >= 0.3 is 53.4 Å². The van der Waals surface area contributed by atoms with Crippen LogP contribution in [0.25, 0.3) is 0 Å². The van der Waals surface area contributed by atoms with Gasteiger partial charge in [-0.25, -0.2) is 14.3 Å². The summed E-state index contributed by atoms with van der Waals surface area (Å²) in [6.07, 6.45) is -1.50. The Morgan fingerprint density at radius 1 is 1.23 bits per heavy atom. The number of aliphatic carboxylic acids is 1. The van der Waals surface area contributed by atoms with Gasteiger partial charge in [-0.15, -0.1) is 16.9 Å². The van der Waals surface area contributed by atoms with Gasteiger partial charge < -0.3 is 30.5 Å². The van der Waals surface area contributed by atoms with E-state index >= 15 is 0 Å². The van der Waals surface area contributed by atoms with Gasteiger partial charge in [-0.05, 0) is 29.8 Å². The van der Waals surface area contributed by atoms with Gasteiger partial charge in [0.1, 0.15) is 17.1 Å². The van der Waals surface area contributed by atoms with Crippen molar-refractivity contribution in [3.8, 4) is 0 Å². The van der Waals surface area contributed by atoms with Crippen LogP contribution in [0.2, 0.25) is 0 Å². The zero-order chi connectivity index (χ0) is 30.9. The average Bonchev–Trinajstić information content (AvgIpc) is 3.37. The molecule has 21 heteroatoms. The molecule has 4 atom stereocenters. The molecule has 2 unspecified atom stereocenters. The number of nitrogens with one attached hydrogen (secondary N) is 2. The number of fused-ring (bicyclic) bond motifs is 1. The van der Waals surface area contributed by atoms with Crippen molar-refractivity contribution in [2.45, 2.75) is 42.2 Å². The first-order valence-corrected chi connectivity index (χ1v) is 14.6. The SMILES string of the molecule is CCN1CCN(C(=O)NC(C(=O)N[C@]2(OC)C(=O)N3C(C(=O)O)=C(CSc4nnnn4C)CS[C@@H]32)C(C)O)C(=O)C1=O.[NaH]. The molecule has 0 aliphatic carbocycles. The van der Waals surface area contributed by atoms with Crippen molar-refractivity contribution < 1.29 is 43.7 Å². The number of carbonyl (C=O) groups excluding carboxylic acids is 5. The number of carboxylic acid groups (broad SMARTS) is 1. The van der Waals surface area contributed by atoms with E-state index in [4.69, 9.17) is 4.74 Å². The second-order valence-corrected chi connectivity index (χ2v) is 11.4. The molecule has 1 aromatic rings. The Balaban J connectivity index is 0.00000506. The van der Waals surface area contributed by atoms with Crippen LogP contribution in [0.15, 0.2) is 16.4 Å². The number of methoxy groups -OCH3 is 1. The summed E-state index contributed by atoms with van der Waals surface area (Å²) in [6.45, 7) is 3.15. The molecule has 18 nitrogen and oxygen atoms in total. The van der Waals surface area contributed by atoms with Gasteiger partial charge in [-0.1, -0.05) is 11.8 Å². The number of imide groups is 1. The Morgan fingerprint density at radius 3 is 2.49 bits per heavy atom. The molecule has 3 aliphatic heterocycles. The van der Waals surface area contributed by atoms with Crippen molar-refractivity contribution in [2.24, 2.45) is 7.05 Å². The van der Waals surface area contributed by atoms with Crippen LogP contribution >= 0.6 is 23.5 Å². The molecule has 0 bridgehead atoms. The van der Waals surface area contributed by atoms with Crippen LogP contribution in [-0.4, -0.2) is 172 Å². The van der Waals surface area contributed by atoms with Gasteiger partial charge in [0.05, 0.1) is 6.10 Å². The number of urea groups is 1. The molecule has 2 fully saturated rings. The number of amides is 6. The number of thioether (sulfide) groups is 2. The summed E-state index contributed by atoms with van der Waals surface area (Å²) >= 11 is 2.33.